The molecular formula is C29H33F3N6O3. The van der Waals surface area contributed by atoms with Crippen molar-refractivity contribution in [2.45, 2.75) is 77.6 Å². The zero-order chi connectivity index (χ0) is 29.4. The van der Waals surface area contributed by atoms with Crippen LogP contribution in [-0.4, -0.2) is 38.8 Å². The molecule has 218 valence electrons. The normalized spacial score (nSPS) is 20.8. The van der Waals surface area contributed by atoms with Crippen molar-refractivity contribution in [3.63, 3.8) is 0 Å². The van der Waals surface area contributed by atoms with Gasteiger partial charge in [0.25, 0.3) is 11.8 Å². The predicted molar refractivity (Wildman–Crippen MR) is 144 cm³/mol. The summed E-state index contributed by atoms with van der Waals surface area (Å²) in [5, 5.41) is 18.6. The highest BCUT2D eigenvalue weighted by Crippen LogP contribution is 2.45. The van der Waals surface area contributed by atoms with Crippen LogP contribution in [0.1, 0.15) is 102 Å². The molecule has 2 aliphatic carbocycles. The highest BCUT2D eigenvalue weighted by molar-refractivity contribution is 6.03. The SMILES string of the molecule is CC(C)(C)[C@H]1CC[C@H](c2cc(OC(F)(F)F)ccc2C(=O)NC2CCc3cc(C(=O)Nc4nnn[nH]4)ccc32)CC1. The Morgan fingerprint density at radius 1 is 0.951 bits per heavy atom. The Labute approximate surface area is 235 Å². The lowest BCUT2D eigenvalue weighted by atomic mass is 9.68. The molecule has 0 bridgehead atoms. The largest absolute Gasteiger partial charge is 0.573 e. The number of tetrazole rings is 1. The maximum Gasteiger partial charge on any atom is 0.573 e. The van der Waals surface area contributed by atoms with Crippen LogP contribution in [0, 0.1) is 11.3 Å². The first-order chi connectivity index (χ1) is 19.4. The highest BCUT2D eigenvalue weighted by Gasteiger charge is 2.35. The summed E-state index contributed by atoms with van der Waals surface area (Å²) in [5.74, 6) is -0.419. The van der Waals surface area contributed by atoms with Crippen molar-refractivity contribution in [1.29, 1.82) is 0 Å². The van der Waals surface area contributed by atoms with E-state index in [1.54, 1.807) is 12.1 Å². The number of fused-ring (bicyclic) bond motifs is 1. The van der Waals surface area contributed by atoms with Crippen LogP contribution in [0.15, 0.2) is 36.4 Å². The Balaban J connectivity index is 1.34. The molecule has 1 atom stereocenters. The molecule has 0 radical (unpaired) electrons. The second-order valence-electron chi connectivity index (χ2n) is 11.9. The summed E-state index contributed by atoms with van der Waals surface area (Å²) in [7, 11) is 0. The molecule has 41 heavy (non-hydrogen) atoms. The Hall–Kier alpha value is -3.96. The van der Waals surface area contributed by atoms with E-state index in [2.05, 4.69) is 56.8 Å². The maximum atomic E-state index is 13.6. The van der Waals surface area contributed by atoms with E-state index >= 15 is 0 Å². The lowest BCUT2D eigenvalue weighted by molar-refractivity contribution is -0.274. The van der Waals surface area contributed by atoms with Crippen LogP contribution in [0.2, 0.25) is 0 Å². The molecule has 1 aromatic heterocycles. The molecule has 2 aromatic carbocycles. The van der Waals surface area contributed by atoms with Gasteiger partial charge in [-0.2, -0.15) is 0 Å². The van der Waals surface area contributed by atoms with Crippen LogP contribution >= 0.6 is 0 Å². The Kier molecular flexibility index (Phi) is 7.76. The number of benzene rings is 2. The number of amides is 2. The van der Waals surface area contributed by atoms with Gasteiger partial charge in [0.05, 0.1) is 6.04 Å². The first-order valence-corrected chi connectivity index (χ1v) is 13.8. The smallest absolute Gasteiger partial charge is 0.406 e. The molecule has 1 saturated carbocycles. The molecule has 5 rings (SSSR count). The standard InChI is InChI=1S/C29H33F3N6O3/c1-28(2,3)19-8-4-16(5-9-19)23-15-20(41-29(30,31)32)10-12-22(23)26(40)33-24-13-7-17-14-18(6-11-21(17)24)25(39)34-27-35-37-38-36-27/h6,10-12,14-16,19,24H,4-5,7-9,13H2,1-3H3,(H,33,40)(H2,34,35,36,37,38,39)/t16-,19-,24?. The van der Waals surface area contributed by atoms with Gasteiger partial charge in [0.1, 0.15) is 5.75 Å². The molecule has 1 heterocycles. The van der Waals surface area contributed by atoms with Crippen LogP contribution in [0.3, 0.4) is 0 Å². The second-order valence-corrected chi connectivity index (χ2v) is 11.9. The summed E-state index contributed by atoms with van der Waals surface area (Å²) < 4.78 is 43.2. The van der Waals surface area contributed by atoms with Crippen molar-refractivity contribution in [1.82, 2.24) is 25.9 Å². The van der Waals surface area contributed by atoms with E-state index in [1.165, 1.54) is 18.2 Å². The van der Waals surface area contributed by atoms with E-state index in [-0.39, 0.29) is 40.9 Å². The number of hydrogen-bond donors (Lipinski definition) is 3. The number of anilines is 1. The van der Waals surface area contributed by atoms with Gasteiger partial charge in [-0.25, -0.2) is 5.10 Å². The minimum absolute atomic E-state index is 0.0392. The number of carbonyl (C=O) groups is 2. The van der Waals surface area contributed by atoms with Crippen LogP contribution in [-0.2, 0) is 6.42 Å². The van der Waals surface area contributed by atoms with Gasteiger partial charge in [-0.05, 0) is 113 Å². The average Bonchev–Trinajstić information content (AvgIpc) is 3.57. The van der Waals surface area contributed by atoms with Crippen molar-refractivity contribution >= 4 is 17.8 Å². The molecule has 3 aromatic rings. The summed E-state index contributed by atoms with van der Waals surface area (Å²) in [4.78, 5) is 26.1. The number of hydrogen-bond acceptors (Lipinski definition) is 6. The number of aromatic nitrogens is 4. The molecule has 2 amide bonds. The Morgan fingerprint density at radius 3 is 2.37 bits per heavy atom. The summed E-state index contributed by atoms with van der Waals surface area (Å²) in [6.07, 6.45) is -0.0541. The number of H-pyrrole nitrogens is 1. The number of alkyl halides is 3. The fourth-order valence-corrected chi connectivity index (χ4v) is 6.09. The first kappa shape index (κ1) is 28.6. The zero-order valence-electron chi connectivity index (χ0n) is 23.1. The first-order valence-electron chi connectivity index (χ1n) is 13.8. The van der Waals surface area contributed by atoms with E-state index in [0.29, 0.717) is 35.4 Å². The fourth-order valence-electron chi connectivity index (χ4n) is 6.09. The summed E-state index contributed by atoms with van der Waals surface area (Å²) in [6, 6.07) is 8.99. The number of nitrogens with one attached hydrogen (secondary N) is 3. The van der Waals surface area contributed by atoms with Crippen molar-refractivity contribution in [3.05, 3.63) is 64.2 Å². The molecule has 2 aliphatic rings. The van der Waals surface area contributed by atoms with Gasteiger partial charge in [0.2, 0.25) is 5.95 Å². The van der Waals surface area contributed by atoms with Gasteiger partial charge < -0.3 is 10.1 Å². The van der Waals surface area contributed by atoms with Crippen LogP contribution < -0.4 is 15.4 Å². The molecule has 1 unspecified atom stereocenters. The molecule has 0 saturated heterocycles. The van der Waals surface area contributed by atoms with Gasteiger partial charge in [0, 0.05) is 11.1 Å². The van der Waals surface area contributed by atoms with Crippen LogP contribution in [0.25, 0.3) is 0 Å². The third kappa shape index (κ3) is 6.68. The molecular weight excluding hydrogens is 537 g/mol. The number of ether oxygens (including phenoxy) is 1. The minimum Gasteiger partial charge on any atom is -0.406 e. The number of nitrogens with zero attached hydrogens (tertiary/aromatic N) is 3. The van der Waals surface area contributed by atoms with Gasteiger partial charge in [-0.15, -0.1) is 13.2 Å². The van der Waals surface area contributed by atoms with Crippen molar-refractivity contribution < 1.29 is 27.5 Å². The van der Waals surface area contributed by atoms with E-state index in [1.807, 2.05) is 6.07 Å². The van der Waals surface area contributed by atoms with Crippen molar-refractivity contribution in [3.8, 4) is 5.75 Å². The topological polar surface area (TPSA) is 122 Å². The monoisotopic (exact) mass is 570 g/mol. The van der Waals surface area contributed by atoms with Crippen LogP contribution in [0.5, 0.6) is 5.75 Å². The zero-order valence-corrected chi connectivity index (χ0v) is 23.1. The van der Waals surface area contributed by atoms with E-state index in [4.69, 9.17) is 0 Å². The van der Waals surface area contributed by atoms with Crippen LogP contribution in [0.4, 0.5) is 19.1 Å². The third-order valence-corrected chi connectivity index (χ3v) is 8.26. The van der Waals surface area contributed by atoms with Gasteiger partial charge in [-0.3, -0.25) is 14.9 Å². The van der Waals surface area contributed by atoms with Crippen molar-refractivity contribution in [2.24, 2.45) is 11.3 Å². The van der Waals surface area contributed by atoms with E-state index in [9.17, 15) is 22.8 Å². The third-order valence-electron chi connectivity index (χ3n) is 8.26. The molecule has 9 nitrogen and oxygen atoms in total. The number of halogens is 3. The number of carbonyl (C=O) groups excluding carboxylic acids is 2. The number of aromatic amines is 1. The summed E-state index contributed by atoms with van der Waals surface area (Å²) in [6.45, 7) is 6.62. The fraction of sp³-hybridized carbons (Fsp3) is 0.483. The summed E-state index contributed by atoms with van der Waals surface area (Å²) >= 11 is 0. The number of aryl methyl sites for hydroxylation is 1. The maximum absolute atomic E-state index is 13.6. The van der Waals surface area contributed by atoms with Gasteiger partial charge in [0.15, 0.2) is 0 Å². The van der Waals surface area contributed by atoms with Gasteiger partial charge >= 0.3 is 6.36 Å². The Bertz CT molecular complexity index is 1410. The quantitative estimate of drug-likeness (QED) is 0.330. The average molecular weight is 571 g/mol. The minimum atomic E-state index is -4.82. The van der Waals surface area contributed by atoms with E-state index < -0.39 is 6.36 Å². The lowest BCUT2D eigenvalue weighted by Crippen LogP contribution is -2.30. The summed E-state index contributed by atoms with van der Waals surface area (Å²) in [5.41, 5.74) is 3.37. The highest BCUT2D eigenvalue weighted by atomic mass is 19.4. The van der Waals surface area contributed by atoms with Gasteiger partial charge in [-0.1, -0.05) is 31.9 Å². The molecule has 3 N–H and O–H groups in total. The van der Waals surface area contributed by atoms with E-state index in [0.717, 1.165) is 36.8 Å². The molecule has 12 heteroatoms. The Morgan fingerprint density at radius 2 is 1.71 bits per heavy atom. The molecule has 0 spiro atoms. The molecule has 0 aliphatic heterocycles. The lowest BCUT2D eigenvalue weighted by Gasteiger charge is -2.37. The second kappa shape index (κ2) is 11.1. The molecule has 1 fully saturated rings. The predicted octanol–water partition coefficient (Wildman–Crippen LogP) is 6.09. The number of rotatable bonds is 6. The van der Waals surface area contributed by atoms with Crippen molar-refractivity contribution in [2.75, 3.05) is 5.32 Å².